The molecule has 0 saturated carbocycles. The lowest BCUT2D eigenvalue weighted by molar-refractivity contribution is 0.0594. The number of nitrogens with zero attached hydrogens (tertiary/aromatic N) is 2. The Morgan fingerprint density at radius 1 is 1.09 bits per heavy atom. The van der Waals surface area contributed by atoms with E-state index in [0.717, 1.165) is 0 Å². The molecule has 8 heteroatoms. The van der Waals surface area contributed by atoms with Crippen LogP contribution in [0.5, 0.6) is 0 Å². The van der Waals surface area contributed by atoms with Crippen molar-refractivity contribution in [1.82, 2.24) is 15.3 Å². The monoisotopic (exact) mass is 444 g/mol. The summed E-state index contributed by atoms with van der Waals surface area (Å²) in [7, 11) is 1.25. The number of carbonyl (C=O) groups is 2. The van der Waals surface area contributed by atoms with E-state index in [4.69, 9.17) is 10.5 Å². The molecule has 4 rings (SSSR count). The Kier molecular flexibility index (Phi) is 6.64. The zero-order chi connectivity index (χ0) is 23.2. The summed E-state index contributed by atoms with van der Waals surface area (Å²) >= 11 is 0. The molecule has 1 amide bonds. The highest BCUT2D eigenvalue weighted by Crippen LogP contribution is 2.44. The lowest BCUT2D eigenvalue weighted by atomic mass is 9.98. The second-order valence-electron chi connectivity index (χ2n) is 7.46. The third-order valence-corrected chi connectivity index (χ3v) is 5.41. The molecule has 0 spiro atoms. The van der Waals surface area contributed by atoms with E-state index < -0.39 is 12.1 Å². The molecule has 0 saturated heterocycles. The van der Waals surface area contributed by atoms with Gasteiger partial charge in [-0.15, -0.1) is 0 Å². The number of carbonyl (C=O) groups excluding carboxylic acids is 2. The average molecular weight is 444 g/mol. The number of nitrogens with two attached hydrogens (primary N) is 1. The Balaban J connectivity index is 1.27. The predicted molar refractivity (Wildman–Crippen MR) is 125 cm³/mol. The molecule has 0 unspecified atom stereocenters. The number of esters is 1. The SMILES string of the molecule is COC(=O)c1nc(C=CCCNC(=O)OCC2c3ccccc3-c3ccccc32)cnc1N. The number of ether oxygens (including phenoxy) is 2. The molecule has 0 bridgehead atoms. The highest BCUT2D eigenvalue weighted by Gasteiger charge is 2.28. The van der Waals surface area contributed by atoms with Crippen LogP contribution in [-0.4, -0.2) is 42.3 Å². The van der Waals surface area contributed by atoms with Gasteiger partial charge in [-0.1, -0.05) is 54.6 Å². The van der Waals surface area contributed by atoms with Crippen LogP contribution in [0.15, 0.2) is 60.8 Å². The Morgan fingerprint density at radius 3 is 2.42 bits per heavy atom. The first kappa shape index (κ1) is 22.0. The van der Waals surface area contributed by atoms with Crippen LogP contribution in [0.1, 0.15) is 39.6 Å². The molecule has 0 fully saturated rings. The smallest absolute Gasteiger partial charge is 0.407 e. The van der Waals surface area contributed by atoms with Gasteiger partial charge in [-0.05, 0) is 34.8 Å². The number of benzene rings is 2. The van der Waals surface area contributed by atoms with Crippen LogP contribution in [0.4, 0.5) is 10.6 Å². The predicted octanol–water partition coefficient (Wildman–Crippen LogP) is 3.79. The standard InChI is InChI=1S/C25H24N4O4/c1-32-24(30)22-23(26)28-14-16(29-22)8-6-7-13-27-25(31)33-15-21-19-11-4-2-9-17(19)18-10-3-5-12-20(18)21/h2-6,8-12,14,21H,7,13,15H2,1H3,(H2,26,28)(H,27,31). The maximum Gasteiger partial charge on any atom is 0.407 e. The van der Waals surface area contributed by atoms with Gasteiger partial charge >= 0.3 is 12.1 Å². The fraction of sp³-hybridized carbons (Fsp3) is 0.200. The summed E-state index contributed by atoms with van der Waals surface area (Å²) in [6.07, 6.45) is 5.04. The quantitative estimate of drug-likeness (QED) is 0.421. The van der Waals surface area contributed by atoms with Gasteiger partial charge in [0.2, 0.25) is 0 Å². The van der Waals surface area contributed by atoms with E-state index in [0.29, 0.717) is 18.7 Å². The van der Waals surface area contributed by atoms with E-state index >= 15 is 0 Å². The van der Waals surface area contributed by atoms with Crippen molar-refractivity contribution < 1.29 is 19.1 Å². The van der Waals surface area contributed by atoms with E-state index in [2.05, 4.69) is 44.3 Å². The Morgan fingerprint density at radius 2 is 1.76 bits per heavy atom. The molecule has 0 atom stereocenters. The summed E-state index contributed by atoms with van der Waals surface area (Å²) in [5.41, 5.74) is 10.8. The molecule has 1 aliphatic rings. The second-order valence-corrected chi connectivity index (χ2v) is 7.46. The van der Waals surface area contributed by atoms with E-state index in [9.17, 15) is 9.59 Å². The molecule has 1 aromatic heterocycles. The number of alkyl carbamates (subject to hydrolysis) is 1. The van der Waals surface area contributed by atoms with Crippen molar-refractivity contribution >= 4 is 24.0 Å². The molecular weight excluding hydrogens is 420 g/mol. The second kappa shape index (κ2) is 9.95. The lowest BCUT2D eigenvalue weighted by Crippen LogP contribution is -2.26. The van der Waals surface area contributed by atoms with Crippen molar-refractivity contribution in [2.24, 2.45) is 0 Å². The third-order valence-electron chi connectivity index (χ3n) is 5.41. The number of hydrogen-bond donors (Lipinski definition) is 2. The van der Waals surface area contributed by atoms with Gasteiger partial charge in [0.05, 0.1) is 19.0 Å². The number of fused-ring (bicyclic) bond motifs is 3. The van der Waals surface area contributed by atoms with Crippen molar-refractivity contribution in [1.29, 1.82) is 0 Å². The van der Waals surface area contributed by atoms with Crippen molar-refractivity contribution in [3.63, 3.8) is 0 Å². The number of nitrogens with one attached hydrogen (secondary N) is 1. The van der Waals surface area contributed by atoms with Gasteiger partial charge in [0.1, 0.15) is 6.61 Å². The van der Waals surface area contributed by atoms with E-state index in [1.165, 1.54) is 35.6 Å². The lowest BCUT2D eigenvalue weighted by Gasteiger charge is -2.14. The molecule has 3 aromatic rings. The molecule has 3 N–H and O–H groups in total. The molecule has 33 heavy (non-hydrogen) atoms. The molecule has 0 radical (unpaired) electrons. The number of hydrogen-bond acceptors (Lipinski definition) is 7. The van der Waals surface area contributed by atoms with Gasteiger partial charge in [-0.25, -0.2) is 19.6 Å². The molecule has 1 heterocycles. The van der Waals surface area contributed by atoms with Crippen LogP contribution >= 0.6 is 0 Å². The highest BCUT2D eigenvalue weighted by molar-refractivity contribution is 5.92. The van der Waals surface area contributed by atoms with Gasteiger partial charge in [0, 0.05) is 12.5 Å². The number of anilines is 1. The van der Waals surface area contributed by atoms with Crippen molar-refractivity contribution in [3.05, 3.63) is 83.3 Å². The summed E-state index contributed by atoms with van der Waals surface area (Å²) in [5, 5.41) is 2.75. The molecule has 2 aromatic carbocycles. The van der Waals surface area contributed by atoms with E-state index in [1.807, 2.05) is 30.3 Å². The molecule has 0 aliphatic heterocycles. The normalized spacial score (nSPS) is 12.3. The molecule has 8 nitrogen and oxygen atoms in total. The molecular formula is C25H24N4O4. The number of methoxy groups -OCH3 is 1. The minimum absolute atomic E-state index is 0.0101. The molecule has 168 valence electrons. The Labute approximate surface area is 191 Å². The van der Waals surface area contributed by atoms with Crippen molar-refractivity contribution in [2.75, 3.05) is 26.0 Å². The van der Waals surface area contributed by atoms with Gasteiger partial charge in [-0.3, -0.25) is 0 Å². The van der Waals surface area contributed by atoms with Crippen LogP contribution in [-0.2, 0) is 9.47 Å². The van der Waals surface area contributed by atoms with Crippen LogP contribution < -0.4 is 11.1 Å². The number of nitrogen functional groups attached to an aromatic ring is 1. The topological polar surface area (TPSA) is 116 Å². The fourth-order valence-electron chi connectivity index (χ4n) is 3.85. The molecule has 1 aliphatic carbocycles. The first-order chi connectivity index (χ1) is 16.1. The van der Waals surface area contributed by atoms with Gasteiger partial charge in [0.25, 0.3) is 0 Å². The Bertz CT molecular complexity index is 1160. The van der Waals surface area contributed by atoms with E-state index in [1.54, 1.807) is 6.08 Å². The minimum atomic E-state index is -0.646. The van der Waals surface area contributed by atoms with Crippen LogP contribution in [0.3, 0.4) is 0 Å². The summed E-state index contributed by atoms with van der Waals surface area (Å²) in [4.78, 5) is 31.9. The largest absolute Gasteiger partial charge is 0.464 e. The Hall–Kier alpha value is -4.20. The maximum absolute atomic E-state index is 12.2. The third kappa shape index (κ3) is 4.85. The van der Waals surface area contributed by atoms with Crippen LogP contribution in [0.2, 0.25) is 0 Å². The summed E-state index contributed by atoms with van der Waals surface area (Å²) in [5.74, 6) is -0.612. The van der Waals surface area contributed by atoms with Crippen molar-refractivity contribution in [3.8, 4) is 11.1 Å². The van der Waals surface area contributed by atoms with Gasteiger partial charge < -0.3 is 20.5 Å². The van der Waals surface area contributed by atoms with Gasteiger partial charge in [0.15, 0.2) is 11.5 Å². The number of amides is 1. The maximum atomic E-state index is 12.2. The first-order valence-electron chi connectivity index (χ1n) is 10.5. The zero-order valence-electron chi connectivity index (χ0n) is 18.2. The van der Waals surface area contributed by atoms with Crippen LogP contribution in [0.25, 0.3) is 17.2 Å². The highest BCUT2D eigenvalue weighted by atomic mass is 16.5. The minimum Gasteiger partial charge on any atom is -0.464 e. The number of rotatable bonds is 7. The average Bonchev–Trinajstić information content (AvgIpc) is 3.16. The van der Waals surface area contributed by atoms with Crippen molar-refractivity contribution in [2.45, 2.75) is 12.3 Å². The van der Waals surface area contributed by atoms with Gasteiger partial charge in [-0.2, -0.15) is 0 Å². The first-order valence-corrected chi connectivity index (χ1v) is 10.5. The fourth-order valence-corrected chi connectivity index (χ4v) is 3.85. The van der Waals surface area contributed by atoms with E-state index in [-0.39, 0.29) is 24.0 Å². The van der Waals surface area contributed by atoms with Crippen LogP contribution in [0, 0.1) is 0 Å². The summed E-state index contributed by atoms with van der Waals surface area (Å²) in [6.45, 7) is 0.659. The zero-order valence-corrected chi connectivity index (χ0v) is 18.2. The number of aromatic nitrogens is 2. The summed E-state index contributed by atoms with van der Waals surface area (Å²) < 4.78 is 10.1. The summed E-state index contributed by atoms with van der Waals surface area (Å²) in [6, 6.07) is 16.4.